The van der Waals surface area contributed by atoms with E-state index in [1.54, 1.807) is 11.8 Å². The number of amides is 4. The number of carbonyl (C=O) groups excluding carboxylic acids is 4. The molecule has 4 amide bonds. The minimum Gasteiger partial charge on any atom is -0.491 e. The third-order valence-corrected chi connectivity index (χ3v) is 13.4. The quantitative estimate of drug-likeness (QED) is 0.128. The Morgan fingerprint density at radius 3 is 2.18 bits per heavy atom. The molecule has 14 heteroatoms. The number of nitrogens with zero attached hydrogens (tertiary/aromatic N) is 4. The number of primary amides is 1. The molecule has 5 aromatic rings. The molecule has 6 atom stereocenters. The van der Waals surface area contributed by atoms with E-state index in [4.69, 9.17) is 15.2 Å². The van der Waals surface area contributed by atoms with Crippen molar-refractivity contribution in [2.75, 3.05) is 55.7 Å². The van der Waals surface area contributed by atoms with Crippen LogP contribution in [0.25, 0.3) is 0 Å². The normalized spacial score (nSPS) is 24.2. The Bertz CT molecular complexity index is 2750. The van der Waals surface area contributed by atoms with Crippen LogP contribution in [0.1, 0.15) is 52.9 Å². The van der Waals surface area contributed by atoms with Crippen molar-refractivity contribution in [3.05, 3.63) is 155 Å². The Balaban J connectivity index is 1.17. The molecule has 0 bridgehead atoms. The molecule has 328 valence electrons. The highest BCUT2D eigenvalue weighted by Crippen LogP contribution is 2.66. The fourth-order valence-corrected chi connectivity index (χ4v) is 10.7. The molecule has 5 heterocycles. The van der Waals surface area contributed by atoms with E-state index in [1.165, 1.54) is 0 Å². The van der Waals surface area contributed by atoms with Gasteiger partial charge in [0.15, 0.2) is 0 Å². The number of anilines is 2. The molecule has 1 spiro atoms. The van der Waals surface area contributed by atoms with Crippen molar-refractivity contribution in [1.29, 1.82) is 0 Å². The maximum absolute atomic E-state index is 15.9. The van der Waals surface area contributed by atoms with Gasteiger partial charge in [0.1, 0.15) is 47.2 Å². The zero-order valence-electron chi connectivity index (χ0n) is 35.7. The third-order valence-electron chi connectivity index (χ3n) is 13.4. The number of ether oxygens (including phenoxy) is 2. The van der Waals surface area contributed by atoms with Crippen LogP contribution < -0.4 is 30.6 Å². The highest BCUT2D eigenvalue weighted by Gasteiger charge is 2.81. The summed E-state index contributed by atoms with van der Waals surface area (Å²) >= 11 is 0. The van der Waals surface area contributed by atoms with Crippen LogP contribution in [0.4, 0.5) is 21.9 Å². The van der Waals surface area contributed by atoms with E-state index < -0.39 is 47.6 Å². The molecular weight excluding hydrogens is 823 g/mol. The molecular formula is C51H48N7O7+. The zero-order chi connectivity index (χ0) is 44.8. The van der Waals surface area contributed by atoms with Crippen molar-refractivity contribution in [1.82, 2.24) is 15.1 Å². The van der Waals surface area contributed by atoms with Crippen LogP contribution in [0, 0.1) is 17.8 Å². The number of esters is 1. The predicted molar refractivity (Wildman–Crippen MR) is 242 cm³/mol. The summed E-state index contributed by atoms with van der Waals surface area (Å²) in [6.07, 6.45) is -0.726. The lowest BCUT2D eigenvalue weighted by Gasteiger charge is -2.46. The standard InChI is InChI=1S/C51H47N7O7/c1-32(60)55-25-27-56(28-26-55)37-17-19-38(20-18-37)57-47(61)42-44-48(62)65-45(35-12-6-3-7-13-35)43(34-10-4-2-5-11-34)58(44)46(36-15-21-39(22-16-36)64-30-29-59)51(42)40-31-33(9-8-24-53-50(52)63)14-23-41(40)54-49(51)57/h2-7,10-23,31,42-46,59H,24-30H2,1H3,(H3,52,53,63)/p+1/t42-,43-,44-,45+,46+,51-/m1/s1. The summed E-state index contributed by atoms with van der Waals surface area (Å²) in [5.74, 6) is 5.67. The smallest absolute Gasteiger partial charge is 0.325 e. The molecule has 14 nitrogen and oxygen atoms in total. The Labute approximate surface area is 376 Å². The van der Waals surface area contributed by atoms with E-state index >= 15 is 9.59 Å². The van der Waals surface area contributed by atoms with E-state index in [0.29, 0.717) is 49.0 Å². The van der Waals surface area contributed by atoms with E-state index in [0.717, 1.165) is 33.6 Å². The third kappa shape index (κ3) is 7.04. The summed E-state index contributed by atoms with van der Waals surface area (Å²) in [6, 6.07) is 38.2. The number of morpholine rings is 1. The van der Waals surface area contributed by atoms with Crippen molar-refractivity contribution in [2.24, 2.45) is 11.7 Å². The van der Waals surface area contributed by atoms with Gasteiger partial charge in [0.25, 0.3) is 5.84 Å². The van der Waals surface area contributed by atoms with Crippen LogP contribution in [0.15, 0.2) is 127 Å². The number of hydrogen-bond donors (Lipinski definition) is 4. The monoisotopic (exact) mass is 870 g/mol. The van der Waals surface area contributed by atoms with E-state index in [1.807, 2.05) is 132 Å². The second kappa shape index (κ2) is 16.9. The second-order valence-electron chi connectivity index (χ2n) is 16.8. The molecule has 5 aliphatic rings. The van der Waals surface area contributed by atoms with Gasteiger partial charge in [-0.1, -0.05) is 84.6 Å². The van der Waals surface area contributed by atoms with Gasteiger partial charge in [-0.25, -0.2) is 14.6 Å². The molecule has 0 aromatic heterocycles. The fraction of sp³-hybridized carbons (Fsp3) is 0.275. The van der Waals surface area contributed by atoms with Crippen LogP contribution in [0.2, 0.25) is 0 Å². The number of amidine groups is 1. The summed E-state index contributed by atoms with van der Waals surface area (Å²) in [6.45, 7) is 4.22. The Morgan fingerprint density at radius 1 is 0.846 bits per heavy atom. The number of benzene rings is 5. The molecule has 0 saturated carbocycles. The van der Waals surface area contributed by atoms with Gasteiger partial charge in [0.05, 0.1) is 25.2 Å². The number of cyclic esters (lactones) is 1. The number of carbonyl (C=O) groups is 4. The van der Waals surface area contributed by atoms with Gasteiger partial charge in [-0.3, -0.25) is 14.5 Å². The van der Waals surface area contributed by atoms with Gasteiger partial charge in [-0.05, 0) is 71.3 Å². The number of fused-ring (bicyclic) bond motifs is 3. The Hall–Kier alpha value is -7.47. The van der Waals surface area contributed by atoms with Crippen molar-refractivity contribution in [2.45, 2.75) is 36.6 Å². The highest BCUT2D eigenvalue weighted by atomic mass is 16.6. The maximum atomic E-state index is 15.9. The lowest BCUT2D eigenvalue weighted by molar-refractivity contribution is -0.351. The van der Waals surface area contributed by atoms with Crippen LogP contribution in [0.3, 0.4) is 0 Å². The number of nitrogens with one attached hydrogen (secondary N) is 2. The van der Waals surface area contributed by atoms with Crippen molar-refractivity contribution in [3.8, 4) is 17.6 Å². The fourth-order valence-electron chi connectivity index (χ4n) is 10.7. The predicted octanol–water partition coefficient (Wildman–Crippen LogP) is 3.24. The van der Waals surface area contributed by atoms with E-state index in [2.05, 4.69) is 31.9 Å². The summed E-state index contributed by atoms with van der Waals surface area (Å²) in [4.78, 5) is 66.3. The molecule has 5 aromatic carbocycles. The average molecular weight is 871 g/mol. The first-order valence-electron chi connectivity index (χ1n) is 21.9. The SMILES string of the molecule is CC(=O)N1CCN(c2ccc(N3C(=O)[C@H]4[C@@H]5C(=O)O[C@@H](c6ccccc6)[C@@H](c6ccccc6)N5[C@@H](c5ccc(OCCO)cc5)[C@]45C3=[NH+]c3ccc(C#CCNC(N)=O)cc35)cc2)CC1. The second-order valence-corrected chi connectivity index (χ2v) is 16.8. The Kier molecular flexibility index (Phi) is 10.8. The van der Waals surface area contributed by atoms with E-state index in [-0.39, 0.29) is 31.6 Å². The number of urea groups is 1. The zero-order valence-corrected chi connectivity index (χ0v) is 35.7. The van der Waals surface area contributed by atoms with Gasteiger partial charge in [0.2, 0.25) is 5.91 Å². The van der Waals surface area contributed by atoms with Gasteiger partial charge in [0, 0.05) is 49.9 Å². The molecule has 0 radical (unpaired) electrons. The van der Waals surface area contributed by atoms with Crippen LogP contribution in [0.5, 0.6) is 5.75 Å². The van der Waals surface area contributed by atoms with Crippen molar-refractivity contribution in [3.63, 3.8) is 0 Å². The first-order valence-corrected chi connectivity index (χ1v) is 21.9. The lowest BCUT2D eigenvalue weighted by Crippen LogP contribution is -2.70. The summed E-state index contributed by atoms with van der Waals surface area (Å²) < 4.78 is 12.5. The molecule has 65 heavy (non-hydrogen) atoms. The summed E-state index contributed by atoms with van der Waals surface area (Å²) in [5.41, 5.74) is 10.5. The lowest BCUT2D eigenvalue weighted by atomic mass is 9.66. The Morgan fingerprint density at radius 2 is 1.52 bits per heavy atom. The number of hydrogen-bond acceptors (Lipinski definition) is 9. The van der Waals surface area contributed by atoms with Gasteiger partial charge in [-0.15, -0.1) is 0 Å². The van der Waals surface area contributed by atoms with Crippen LogP contribution in [-0.2, 0) is 24.5 Å². The minimum atomic E-state index is -1.20. The maximum Gasteiger partial charge on any atom is 0.325 e. The number of rotatable bonds is 9. The number of piperazine rings is 1. The molecule has 4 fully saturated rings. The average Bonchev–Trinajstić information content (AvgIpc) is 3.91. The minimum absolute atomic E-state index is 0.0408. The van der Waals surface area contributed by atoms with Gasteiger partial charge >= 0.3 is 17.9 Å². The topological polar surface area (TPSA) is 172 Å². The summed E-state index contributed by atoms with van der Waals surface area (Å²) in [7, 11) is 0. The highest BCUT2D eigenvalue weighted by molar-refractivity contribution is 6.29. The first kappa shape index (κ1) is 41.5. The van der Waals surface area contributed by atoms with Gasteiger partial charge < -0.3 is 35.4 Å². The van der Waals surface area contributed by atoms with Crippen LogP contribution >= 0.6 is 0 Å². The molecule has 5 aliphatic heterocycles. The number of aliphatic hydroxyl groups is 1. The van der Waals surface area contributed by atoms with Crippen molar-refractivity contribution >= 4 is 46.7 Å². The first-order chi connectivity index (χ1) is 31.7. The van der Waals surface area contributed by atoms with Gasteiger partial charge in [-0.2, -0.15) is 4.90 Å². The largest absolute Gasteiger partial charge is 0.491 e. The molecule has 0 unspecified atom stereocenters. The molecule has 4 saturated heterocycles. The van der Waals surface area contributed by atoms with Crippen molar-refractivity contribution < 1.29 is 38.8 Å². The number of aliphatic hydroxyl groups excluding tert-OH is 1. The number of nitrogens with two attached hydrogens (primary N) is 1. The molecule has 0 aliphatic carbocycles. The van der Waals surface area contributed by atoms with E-state index in [9.17, 15) is 14.7 Å². The van der Waals surface area contributed by atoms with Crippen LogP contribution in [-0.4, -0.2) is 96.5 Å². The summed E-state index contributed by atoms with van der Waals surface area (Å²) in [5, 5.41) is 12.1. The molecule has 5 N–H and O–H groups in total. The molecule has 10 rings (SSSR count).